The SMILES string of the molecule is O=C(NCC(=O)N1CCC[C@@H](c2nc3ccccc3s2)C1)c1ccccc1Cl. The highest BCUT2D eigenvalue weighted by molar-refractivity contribution is 7.18. The summed E-state index contributed by atoms with van der Waals surface area (Å²) in [5.41, 5.74) is 1.39. The molecule has 2 heterocycles. The second-order valence-electron chi connectivity index (χ2n) is 6.86. The number of fused-ring (bicyclic) bond motifs is 1. The quantitative estimate of drug-likeness (QED) is 0.700. The fraction of sp³-hybridized carbons (Fsp3) is 0.286. The Morgan fingerprint density at radius 1 is 1.18 bits per heavy atom. The minimum Gasteiger partial charge on any atom is -0.343 e. The smallest absolute Gasteiger partial charge is 0.253 e. The Hall–Kier alpha value is -2.44. The molecule has 5 nitrogen and oxygen atoms in total. The van der Waals surface area contributed by atoms with E-state index in [0.717, 1.165) is 23.4 Å². The number of amides is 2. The molecule has 3 aromatic rings. The number of para-hydroxylation sites is 1. The highest BCUT2D eigenvalue weighted by Crippen LogP contribution is 2.32. The fourth-order valence-corrected chi connectivity index (χ4v) is 4.79. The summed E-state index contributed by atoms with van der Waals surface area (Å²) in [4.78, 5) is 31.5. The molecular formula is C21H20ClN3O2S. The highest BCUT2D eigenvalue weighted by atomic mass is 35.5. The summed E-state index contributed by atoms with van der Waals surface area (Å²) >= 11 is 7.74. The molecule has 0 radical (unpaired) electrons. The van der Waals surface area contributed by atoms with E-state index in [1.165, 1.54) is 4.70 Å². The van der Waals surface area contributed by atoms with E-state index < -0.39 is 0 Å². The lowest BCUT2D eigenvalue weighted by atomic mass is 9.98. The summed E-state index contributed by atoms with van der Waals surface area (Å²) < 4.78 is 1.17. The predicted octanol–water partition coefficient (Wildman–Crippen LogP) is 4.09. The summed E-state index contributed by atoms with van der Waals surface area (Å²) in [7, 11) is 0. The van der Waals surface area contributed by atoms with Gasteiger partial charge in [0.2, 0.25) is 5.91 Å². The van der Waals surface area contributed by atoms with Gasteiger partial charge in [-0.2, -0.15) is 0 Å². The van der Waals surface area contributed by atoms with Gasteiger partial charge in [0.05, 0.1) is 32.4 Å². The standard InChI is InChI=1S/C21H20ClN3O2S/c22-16-8-2-1-7-15(16)20(27)23-12-19(26)25-11-5-6-14(13-25)21-24-17-9-3-4-10-18(17)28-21/h1-4,7-10,14H,5-6,11-13H2,(H,23,27)/t14-/m1/s1. The molecule has 1 aliphatic heterocycles. The number of carbonyl (C=O) groups is 2. The number of hydrogen-bond acceptors (Lipinski definition) is 4. The summed E-state index contributed by atoms with van der Waals surface area (Å²) in [6.45, 7) is 1.32. The average molecular weight is 414 g/mol. The van der Waals surface area contributed by atoms with E-state index in [2.05, 4.69) is 11.4 Å². The molecule has 28 heavy (non-hydrogen) atoms. The lowest BCUT2D eigenvalue weighted by Crippen LogP contribution is -2.44. The minimum absolute atomic E-state index is 0.0311. The van der Waals surface area contributed by atoms with Crippen molar-refractivity contribution in [2.24, 2.45) is 0 Å². The monoisotopic (exact) mass is 413 g/mol. The molecule has 0 spiro atoms. The Kier molecular flexibility index (Phi) is 5.59. The molecule has 2 aromatic carbocycles. The van der Waals surface area contributed by atoms with Crippen LogP contribution in [0.4, 0.5) is 0 Å². The van der Waals surface area contributed by atoms with Gasteiger partial charge in [0.1, 0.15) is 0 Å². The van der Waals surface area contributed by atoms with Crippen LogP contribution < -0.4 is 5.32 Å². The van der Waals surface area contributed by atoms with Gasteiger partial charge in [-0.15, -0.1) is 11.3 Å². The Morgan fingerprint density at radius 3 is 2.79 bits per heavy atom. The first-order valence-electron chi connectivity index (χ1n) is 9.28. The summed E-state index contributed by atoms with van der Waals surface area (Å²) in [5.74, 6) is -0.167. The van der Waals surface area contributed by atoms with Crippen LogP contribution in [0.1, 0.15) is 34.1 Å². The Morgan fingerprint density at radius 2 is 1.96 bits per heavy atom. The lowest BCUT2D eigenvalue weighted by Gasteiger charge is -2.32. The van der Waals surface area contributed by atoms with Gasteiger partial charge in [0.25, 0.3) is 5.91 Å². The summed E-state index contributed by atoms with van der Waals surface area (Å²) in [5, 5.41) is 4.14. The number of thiazole rings is 1. The van der Waals surface area contributed by atoms with E-state index in [1.54, 1.807) is 35.6 Å². The highest BCUT2D eigenvalue weighted by Gasteiger charge is 2.27. The zero-order chi connectivity index (χ0) is 19.5. The number of nitrogens with one attached hydrogen (secondary N) is 1. The third-order valence-electron chi connectivity index (χ3n) is 4.95. The normalized spacial score (nSPS) is 16.9. The van der Waals surface area contributed by atoms with Gasteiger partial charge in [-0.1, -0.05) is 35.9 Å². The number of carbonyl (C=O) groups excluding carboxylic acids is 2. The van der Waals surface area contributed by atoms with E-state index in [1.807, 2.05) is 23.1 Å². The van der Waals surface area contributed by atoms with Gasteiger partial charge in [0.15, 0.2) is 0 Å². The molecule has 0 bridgehead atoms. The van der Waals surface area contributed by atoms with E-state index >= 15 is 0 Å². The maximum absolute atomic E-state index is 12.6. The second-order valence-corrected chi connectivity index (χ2v) is 8.33. The molecular weight excluding hydrogens is 394 g/mol. The first-order valence-corrected chi connectivity index (χ1v) is 10.5. The molecule has 1 fully saturated rings. The Bertz CT molecular complexity index is 987. The molecule has 2 amide bonds. The molecule has 7 heteroatoms. The van der Waals surface area contributed by atoms with Crippen molar-refractivity contribution in [3.63, 3.8) is 0 Å². The van der Waals surface area contributed by atoms with Crippen LogP contribution in [0.5, 0.6) is 0 Å². The van der Waals surface area contributed by atoms with Crippen molar-refractivity contribution in [2.75, 3.05) is 19.6 Å². The molecule has 4 rings (SSSR count). The zero-order valence-electron chi connectivity index (χ0n) is 15.2. The maximum atomic E-state index is 12.6. The number of aromatic nitrogens is 1. The molecule has 1 aliphatic rings. The van der Waals surface area contributed by atoms with Crippen molar-refractivity contribution in [3.05, 3.63) is 64.1 Å². The third-order valence-corrected chi connectivity index (χ3v) is 6.48. The van der Waals surface area contributed by atoms with E-state index in [-0.39, 0.29) is 24.3 Å². The molecule has 1 saturated heterocycles. The summed E-state index contributed by atoms with van der Waals surface area (Å²) in [6, 6.07) is 14.9. The van der Waals surface area contributed by atoms with Gasteiger partial charge >= 0.3 is 0 Å². The Labute approximate surface area is 172 Å². The van der Waals surface area contributed by atoms with Crippen molar-refractivity contribution in [2.45, 2.75) is 18.8 Å². The number of hydrogen-bond donors (Lipinski definition) is 1. The second kappa shape index (κ2) is 8.29. The zero-order valence-corrected chi connectivity index (χ0v) is 16.8. The number of rotatable bonds is 4. The van der Waals surface area contributed by atoms with Crippen molar-refractivity contribution in [1.29, 1.82) is 0 Å². The average Bonchev–Trinajstić information content (AvgIpc) is 3.16. The van der Waals surface area contributed by atoms with E-state index in [9.17, 15) is 9.59 Å². The molecule has 0 aliphatic carbocycles. The van der Waals surface area contributed by atoms with Crippen LogP contribution in [0.25, 0.3) is 10.2 Å². The molecule has 144 valence electrons. The number of halogens is 1. The number of benzene rings is 2. The van der Waals surface area contributed by atoms with Gasteiger partial charge in [-0.3, -0.25) is 9.59 Å². The minimum atomic E-state index is -0.335. The number of piperidine rings is 1. The van der Waals surface area contributed by atoms with Crippen LogP contribution in [-0.4, -0.2) is 41.3 Å². The summed E-state index contributed by atoms with van der Waals surface area (Å²) in [6.07, 6.45) is 1.96. The van der Waals surface area contributed by atoms with Gasteiger partial charge in [0, 0.05) is 19.0 Å². The number of nitrogens with zero attached hydrogens (tertiary/aromatic N) is 2. The van der Waals surface area contributed by atoms with Crippen molar-refractivity contribution in [1.82, 2.24) is 15.2 Å². The lowest BCUT2D eigenvalue weighted by molar-refractivity contribution is -0.131. The fourth-order valence-electron chi connectivity index (χ4n) is 3.48. The van der Waals surface area contributed by atoms with Gasteiger partial charge in [-0.05, 0) is 37.1 Å². The third kappa shape index (κ3) is 4.03. The van der Waals surface area contributed by atoms with Crippen LogP contribution in [-0.2, 0) is 4.79 Å². The first-order chi connectivity index (χ1) is 13.6. The van der Waals surface area contributed by atoms with E-state index in [0.29, 0.717) is 23.7 Å². The van der Waals surface area contributed by atoms with Gasteiger partial charge < -0.3 is 10.2 Å². The van der Waals surface area contributed by atoms with Crippen LogP contribution in [0.3, 0.4) is 0 Å². The van der Waals surface area contributed by atoms with Crippen LogP contribution in [0.15, 0.2) is 48.5 Å². The predicted molar refractivity (Wildman–Crippen MR) is 112 cm³/mol. The largest absolute Gasteiger partial charge is 0.343 e. The molecule has 0 unspecified atom stereocenters. The molecule has 1 atom stereocenters. The Balaban J connectivity index is 1.38. The van der Waals surface area contributed by atoms with Crippen molar-refractivity contribution < 1.29 is 9.59 Å². The van der Waals surface area contributed by atoms with E-state index in [4.69, 9.17) is 16.6 Å². The van der Waals surface area contributed by atoms with Gasteiger partial charge in [-0.25, -0.2) is 4.98 Å². The molecule has 0 saturated carbocycles. The number of likely N-dealkylation sites (tertiary alicyclic amines) is 1. The van der Waals surface area contributed by atoms with Crippen LogP contribution in [0, 0.1) is 0 Å². The topological polar surface area (TPSA) is 62.3 Å². The van der Waals surface area contributed by atoms with Crippen molar-refractivity contribution >= 4 is 45.0 Å². The first kappa shape index (κ1) is 18.9. The maximum Gasteiger partial charge on any atom is 0.253 e. The van der Waals surface area contributed by atoms with Crippen LogP contribution in [0.2, 0.25) is 5.02 Å². The van der Waals surface area contributed by atoms with Crippen molar-refractivity contribution in [3.8, 4) is 0 Å². The molecule has 1 aromatic heterocycles. The molecule has 1 N–H and O–H groups in total. The van der Waals surface area contributed by atoms with Crippen LogP contribution >= 0.6 is 22.9 Å².